The summed E-state index contributed by atoms with van der Waals surface area (Å²) in [6, 6.07) is 30.3. The highest BCUT2D eigenvalue weighted by molar-refractivity contribution is 6.66. The molecule has 0 bridgehead atoms. The van der Waals surface area contributed by atoms with Gasteiger partial charge in [0.05, 0.1) is 0 Å². The summed E-state index contributed by atoms with van der Waals surface area (Å²) in [4.78, 5) is 13.7. The molecule has 6 heteroatoms. The van der Waals surface area contributed by atoms with Crippen molar-refractivity contribution >= 4 is 34.8 Å². The molecule has 3 nitrogen and oxygen atoms in total. The predicted octanol–water partition coefficient (Wildman–Crippen LogP) is 6.39. The Morgan fingerprint density at radius 2 is 0.900 bits per heavy atom. The number of rotatable bonds is 4. The molecule has 4 aromatic rings. The van der Waals surface area contributed by atoms with Crippen molar-refractivity contribution in [3.05, 3.63) is 125 Å². The van der Waals surface area contributed by atoms with E-state index in [1.54, 1.807) is 6.92 Å². The monoisotopic (exact) mass is 453 g/mol. The molecule has 0 aliphatic heterocycles. The molecule has 0 N–H and O–H groups in total. The summed E-state index contributed by atoms with van der Waals surface area (Å²) >= 11 is 18.5. The predicted molar refractivity (Wildman–Crippen MR) is 122 cm³/mol. The second kappa shape index (κ2) is 8.35. The number of halogens is 3. The molecule has 0 fully saturated rings. The topological polar surface area (TPSA) is 38.7 Å². The van der Waals surface area contributed by atoms with Gasteiger partial charge < -0.3 is 0 Å². The summed E-state index contributed by atoms with van der Waals surface area (Å²) in [5.41, 5.74) is 2.19. The van der Waals surface area contributed by atoms with Crippen LogP contribution in [0.15, 0.2) is 91.0 Å². The first-order valence-corrected chi connectivity index (χ1v) is 10.5. The quantitative estimate of drug-likeness (QED) is 0.265. The first kappa shape index (κ1) is 20.8. The van der Waals surface area contributed by atoms with Gasteiger partial charge in [-0.2, -0.15) is 0 Å². The fraction of sp³-hybridized carbons (Fsp3) is 0.125. The molecule has 0 radical (unpaired) electrons. The minimum atomic E-state index is -1.77. The molecular weight excluding hydrogens is 437 g/mol. The van der Waals surface area contributed by atoms with E-state index in [0.29, 0.717) is 11.6 Å². The third-order valence-electron chi connectivity index (χ3n) is 4.96. The van der Waals surface area contributed by atoms with E-state index in [9.17, 15) is 0 Å². The van der Waals surface area contributed by atoms with Crippen LogP contribution in [0.4, 0.5) is 0 Å². The van der Waals surface area contributed by atoms with Gasteiger partial charge >= 0.3 is 0 Å². The number of hydrogen-bond acceptors (Lipinski definition) is 3. The molecule has 3 aromatic carbocycles. The van der Waals surface area contributed by atoms with Crippen LogP contribution in [0, 0.1) is 6.92 Å². The van der Waals surface area contributed by atoms with E-state index in [0.717, 1.165) is 16.7 Å². The normalized spacial score (nSPS) is 12.0. The average Bonchev–Trinajstić information content (AvgIpc) is 2.76. The van der Waals surface area contributed by atoms with Crippen LogP contribution in [0.5, 0.6) is 0 Å². The van der Waals surface area contributed by atoms with Crippen molar-refractivity contribution in [2.45, 2.75) is 16.1 Å². The van der Waals surface area contributed by atoms with Gasteiger partial charge in [0, 0.05) is 0 Å². The van der Waals surface area contributed by atoms with E-state index in [1.807, 2.05) is 54.6 Å². The average molecular weight is 455 g/mol. The van der Waals surface area contributed by atoms with Crippen LogP contribution >= 0.6 is 34.8 Å². The number of aromatic nitrogens is 3. The van der Waals surface area contributed by atoms with Gasteiger partial charge in [-0.05, 0) is 23.6 Å². The Labute approximate surface area is 190 Å². The lowest BCUT2D eigenvalue weighted by Crippen LogP contribution is -2.34. The zero-order valence-electron chi connectivity index (χ0n) is 16.1. The molecule has 0 amide bonds. The first-order valence-electron chi connectivity index (χ1n) is 9.39. The minimum Gasteiger partial charge on any atom is -0.217 e. The molecule has 0 saturated heterocycles. The van der Waals surface area contributed by atoms with Crippen molar-refractivity contribution in [3.8, 4) is 0 Å². The Kier molecular flexibility index (Phi) is 5.79. The molecule has 4 rings (SSSR count). The zero-order valence-corrected chi connectivity index (χ0v) is 18.4. The summed E-state index contributed by atoms with van der Waals surface area (Å²) in [5.74, 6) is 1.08. The van der Waals surface area contributed by atoms with Gasteiger partial charge in [-0.3, -0.25) is 0 Å². The summed E-state index contributed by atoms with van der Waals surface area (Å²) in [6.07, 6.45) is 0. The molecule has 150 valence electrons. The molecule has 0 saturated carbocycles. The van der Waals surface area contributed by atoms with E-state index in [2.05, 4.69) is 46.4 Å². The van der Waals surface area contributed by atoms with E-state index in [-0.39, 0.29) is 5.82 Å². The van der Waals surface area contributed by atoms with Crippen LogP contribution < -0.4 is 0 Å². The van der Waals surface area contributed by atoms with Crippen molar-refractivity contribution in [2.24, 2.45) is 0 Å². The lowest BCUT2D eigenvalue weighted by Gasteiger charge is -2.35. The third kappa shape index (κ3) is 3.81. The van der Waals surface area contributed by atoms with Gasteiger partial charge in [0.25, 0.3) is 0 Å². The van der Waals surface area contributed by atoms with Crippen LogP contribution in [0.2, 0.25) is 0 Å². The summed E-state index contributed by atoms with van der Waals surface area (Å²) < 4.78 is -1.77. The van der Waals surface area contributed by atoms with Crippen molar-refractivity contribution < 1.29 is 0 Å². The Balaban J connectivity index is 2.16. The van der Waals surface area contributed by atoms with Crippen LogP contribution in [-0.2, 0) is 9.21 Å². The number of alkyl halides is 3. The molecule has 0 spiro atoms. The van der Waals surface area contributed by atoms with Gasteiger partial charge in [0.1, 0.15) is 11.2 Å². The van der Waals surface area contributed by atoms with Crippen molar-refractivity contribution in [3.63, 3.8) is 0 Å². The van der Waals surface area contributed by atoms with Gasteiger partial charge in [-0.15, -0.1) is 0 Å². The number of nitrogens with zero attached hydrogens (tertiary/aromatic N) is 3. The smallest absolute Gasteiger partial charge is 0.217 e. The number of hydrogen-bond donors (Lipinski definition) is 0. The largest absolute Gasteiger partial charge is 0.250 e. The summed E-state index contributed by atoms with van der Waals surface area (Å²) in [7, 11) is 0. The van der Waals surface area contributed by atoms with Crippen LogP contribution in [-0.4, -0.2) is 15.0 Å². The van der Waals surface area contributed by atoms with E-state index in [4.69, 9.17) is 39.8 Å². The maximum Gasteiger partial charge on any atom is 0.250 e. The van der Waals surface area contributed by atoms with Crippen LogP contribution in [0.3, 0.4) is 0 Å². The van der Waals surface area contributed by atoms with E-state index < -0.39 is 9.21 Å². The van der Waals surface area contributed by atoms with E-state index >= 15 is 0 Å². The lowest BCUT2D eigenvalue weighted by molar-refractivity contribution is 0.651. The zero-order chi connectivity index (χ0) is 21.2. The number of benzene rings is 3. The fourth-order valence-corrected chi connectivity index (χ4v) is 3.98. The highest BCUT2D eigenvalue weighted by Crippen LogP contribution is 2.44. The Hall–Kier alpha value is -2.46. The lowest BCUT2D eigenvalue weighted by atomic mass is 9.68. The molecule has 1 aromatic heterocycles. The minimum absolute atomic E-state index is 0.0992. The maximum absolute atomic E-state index is 6.17. The van der Waals surface area contributed by atoms with Gasteiger partial charge in [0.2, 0.25) is 3.79 Å². The molecular formula is C24H18Cl3N3. The van der Waals surface area contributed by atoms with E-state index in [1.165, 1.54) is 0 Å². The van der Waals surface area contributed by atoms with Crippen LogP contribution in [0.25, 0.3) is 0 Å². The first-order chi connectivity index (χ1) is 14.4. The molecule has 0 aliphatic rings. The SMILES string of the molecule is Cc1nc(C(Cl)(Cl)Cl)nc(C(c2ccccc2)(c2ccccc2)c2ccccc2)n1. The summed E-state index contributed by atoms with van der Waals surface area (Å²) in [6.45, 7) is 1.77. The molecule has 30 heavy (non-hydrogen) atoms. The Morgan fingerprint density at radius 1 is 0.533 bits per heavy atom. The van der Waals surface area contributed by atoms with Gasteiger partial charge in [-0.1, -0.05) is 126 Å². The molecule has 0 atom stereocenters. The third-order valence-corrected chi connectivity index (χ3v) is 5.46. The Bertz CT molecular complexity index is 1030. The van der Waals surface area contributed by atoms with Crippen LogP contribution in [0.1, 0.15) is 34.2 Å². The van der Waals surface area contributed by atoms with Crippen molar-refractivity contribution in [2.75, 3.05) is 0 Å². The second-order valence-corrected chi connectivity index (χ2v) is 9.16. The standard InChI is InChI=1S/C24H18Cl3N3/c1-17-28-21(30-22(29-17)24(25,26)27)23(18-11-5-2-6-12-18,19-13-7-3-8-14-19)20-15-9-4-10-16-20/h2-16H,1H3. The summed E-state index contributed by atoms with van der Waals surface area (Å²) in [5, 5.41) is 0. The Morgan fingerprint density at radius 3 is 1.27 bits per heavy atom. The van der Waals surface area contributed by atoms with Gasteiger partial charge in [-0.25, -0.2) is 15.0 Å². The van der Waals surface area contributed by atoms with Gasteiger partial charge in [0.15, 0.2) is 11.6 Å². The molecule has 1 heterocycles. The van der Waals surface area contributed by atoms with Crippen molar-refractivity contribution in [1.29, 1.82) is 0 Å². The molecule has 0 unspecified atom stereocenters. The number of aryl methyl sites for hydroxylation is 1. The second-order valence-electron chi connectivity index (χ2n) is 6.88. The molecule has 0 aliphatic carbocycles. The van der Waals surface area contributed by atoms with Crippen molar-refractivity contribution in [1.82, 2.24) is 15.0 Å². The highest BCUT2D eigenvalue weighted by Gasteiger charge is 2.42. The fourth-order valence-electron chi connectivity index (χ4n) is 3.73. The highest BCUT2D eigenvalue weighted by atomic mass is 35.6. The maximum atomic E-state index is 6.17.